The van der Waals surface area contributed by atoms with Gasteiger partial charge in [-0.3, -0.25) is 0 Å². The van der Waals surface area contributed by atoms with E-state index >= 15 is 0 Å². The molecule has 3 nitrogen and oxygen atoms in total. The van der Waals surface area contributed by atoms with Gasteiger partial charge in [0.25, 0.3) is 0 Å². The van der Waals surface area contributed by atoms with Crippen molar-refractivity contribution >= 4 is 0 Å². The van der Waals surface area contributed by atoms with Crippen molar-refractivity contribution < 1.29 is 4.42 Å². The van der Waals surface area contributed by atoms with Crippen LogP contribution in [0, 0.1) is 0 Å². The van der Waals surface area contributed by atoms with Gasteiger partial charge in [0.1, 0.15) is 5.76 Å². The number of aromatic nitrogens is 1. The first-order valence-corrected chi connectivity index (χ1v) is 7.56. The monoisotopic (exact) mass is 272 g/mol. The second-order valence-electron chi connectivity index (χ2n) is 5.02. The van der Waals surface area contributed by atoms with Crippen LogP contribution in [0.4, 0.5) is 0 Å². The third-order valence-electron chi connectivity index (χ3n) is 3.33. The third kappa shape index (κ3) is 5.17. The van der Waals surface area contributed by atoms with Gasteiger partial charge in [-0.05, 0) is 37.9 Å². The Bertz CT molecular complexity index is 479. The normalized spacial score (nSPS) is 10.8. The van der Waals surface area contributed by atoms with Gasteiger partial charge in [0.05, 0.1) is 6.20 Å². The number of rotatable bonds is 9. The van der Waals surface area contributed by atoms with Crippen molar-refractivity contribution in [2.45, 2.75) is 39.0 Å². The summed E-state index contributed by atoms with van der Waals surface area (Å²) in [5, 5.41) is 3.31. The van der Waals surface area contributed by atoms with Gasteiger partial charge in [-0.2, -0.15) is 0 Å². The van der Waals surface area contributed by atoms with Crippen LogP contribution in [0.15, 0.2) is 40.9 Å². The first-order chi connectivity index (χ1) is 9.88. The van der Waals surface area contributed by atoms with Gasteiger partial charge < -0.3 is 9.73 Å². The number of aryl methyl sites for hydroxylation is 3. The fraction of sp³-hybridized carbons (Fsp3) is 0.471. The summed E-state index contributed by atoms with van der Waals surface area (Å²) in [6, 6.07) is 10.6. The van der Waals surface area contributed by atoms with Crippen molar-refractivity contribution in [3.8, 4) is 0 Å². The van der Waals surface area contributed by atoms with Crippen LogP contribution in [-0.2, 0) is 19.3 Å². The van der Waals surface area contributed by atoms with Crippen LogP contribution in [0.3, 0.4) is 0 Å². The maximum absolute atomic E-state index is 5.76. The summed E-state index contributed by atoms with van der Waals surface area (Å²) in [5.74, 6) is 1.89. The summed E-state index contributed by atoms with van der Waals surface area (Å²) in [7, 11) is 0. The highest BCUT2D eigenvalue weighted by Crippen LogP contribution is 2.10. The van der Waals surface area contributed by atoms with E-state index in [-0.39, 0.29) is 0 Å². The number of oxazole rings is 1. The van der Waals surface area contributed by atoms with Gasteiger partial charge in [-0.1, -0.05) is 37.3 Å². The molecule has 1 N–H and O–H groups in total. The molecule has 2 rings (SSSR count). The Hall–Kier alpha value is -1.61. The van der Waals surface area contributed by atoms with E-state index in [9.17, 15) is 0 Å². The molecule has 3 heteroatoms. The van der Waals surface area contributed by atoms with Crippen molar-refractivity contribution in [1.29, 1.82) is 0 Å². The molecule has 0 radical (unpaired) electrons. The summed E-state index contributed by atoms with van der Waals surface area (Å²) in [4.78, 5) is 4.35. The number of hydrogen-bond donors (Lipinski definition) is 1. The number of benzene rings is 1. The van der Waals surface area contributed by atoms with E-state index in [1.807, 2.05) is 6.20 Å². The lowest BCUT2D eigenvalue weighted by Gasteiger charge is -2.00. The second-order valence-corrected chi connectivity index (χ2v) is 5.02. The zero-order chi connectivity index (χ0) is 14.0. The van der Waals surface area contributed by atoms with Gasteiger partial charge in [0.15, 0.2) is 5.89 Å². The quantitative estimate of drug-likeness (QED) is 0.711. The predicted octanol–water partition coefficient (Wildman–Crippen LogP) is 3.39. The maximum Gasteiger partial charge on any atom is 0.194 e. The van der Waals surface area contributed by atoms with Crippen LogP contribution in [0.5, 0.6) is 0 Å². The number of hydrogen-bond acceptors (Lipinski definition) is 3. The van der Waals surface area contributed by atoms with Crippen molar-refractivity contribution in [3.05, 3.63) is 53.7 Å². The molecule has 1 aromatic heterocycles. The van der Waals surface area contributed by atoms with Gasteiger partial charge in [-0.15, -0.1) is 0 Å². The van der Waals surface area contributed by atoms with Crippen LogP contribution in [0.1, 0.15) is 37.0 Å². The molecule has 108 valence electrons. The SMILES string of the molecule is CCNCCCc1ncc(CCCc2ccccc2)o1. The van der Waals surface area contributed by atoms with Gasteiger partial charge in [0, 0.05) is 12.8 Å². The molecule has 0 aliphatic heterocycles. The minimum absolute atomic E-state index is 0.873. The largest absolute Gasteiger partial charge is 0.446 e. The standard InChI is InChI=1S/C17H24N2O/c1-2-18-13-7-12-17-19-14-16(20-17)11-6-10-15-8-4-3-5-9-15/h3-5,8-9,14,18H,2,6-7,10-13H2,1H3. The van der Waals surface area contributed by atoms with Gasteiger partial charge in [-0.25, -0.2) is 4.98 Å². The molecular formula is C17H24N2O. The van der Waals surface area contributed by atoms with Crippen molar-refractivity contribution in [1.82, 2.24) is 10.3 Å². The van der Waals surface area contributed by atoms with Crippen LogP contribution >= 0.6 is 0 Å². The van der Waals surface area contributed by atoms with Crippen LogP contribution < -0.4 is 5.32 Å². The Kier molecular flexibility index (Phi) is 6.32. The summed E-state index contributed by atoms with van der Waals surface area (Å²) in [6.45, 7) is 4.18. The molecule has 0 fully saturated rings. The number of nitrogens with zero attached hydrogens (tertiary/aromatic N) is 1. The lowest BCUT2D eigenvalue weighted by Crippen LogP contribution is -2.14. The van der Waals surface area contributed by atoms with E-state index in [4.69, 9.17) is 4.42 Å². The summed E-state index contributed by atoms with van der Waals surface area (Å²) in [5.41, 5.74) is 1.39. The van der Waals surface area contributed by atoms with Crippen LogP contribution in [0.2, 0.25) is 0 Å². The molecule has 0 saturated carbocycles. The average Bonchev–Trinajstić information content (AvgIpc) is 2.93. The first-order valence-electron chi connectivity index (χ1n) is 7.56. The average molecular weight is 272 g/mol. The second kappa shape index (κ2) is 8.54. The first kappa shape index (κ1) is 14.8. The fourth-order valence-corrected chi connectivity index (χ4v) is 2.23. The zero-order valence-corrected chi connectivity index (χ0v) is 12.3. The van der Waals surface area contributed by atoms with Gasteiger partial charge in [0.2, 0.25) is 0 Å². The molecule has 0 amide bonds. The van der Waals surface area contributed by atoms with E-state index in [1.54, 1.807) is 0 Å². The van der Waals surface area contributed by atoms with Crippen molar-refractivity contribution in [3.63, 3.8) is 0 Å². The summed E-state index contributed by atoms with van der Waals surface area (Å²) in [6.07, 6.45) is 7.06. The Labute approximate surface area is 121 Å². The zero-order valence-electron chi connectivity index (χ0n) is 12.3. The van der Waals surface area contributed by atoms with E-state index in [0.29, 0.717) is 0 Å². The molecule has 0 unspecified atom stereocenters. The molecule has 0 atom stereocenters. The molecule has 1 heterocycles. The number of nitrogens with one attached hydrogen (secondary N) is 1. The van der Waals surface area contributed by atoms with E-state index in [2.05, 4.69) is 47.6 Å². The maximum atomic E-state index is 5.76. The van der Waals surface area contributed by atoms with Crippen LogP contribution in [0.25, 0.3) is 0 Å². The highest BCUT2D eigenvalue weighted by molar-refractivity contribution is 5.14. The molecule has 0 spiro atoms. The smallest absolute Gasteiger partial charge is 0.194 e. The molecule has 0 bridgehead atoms. The Morgan fingerprint density at radius 1 is 1.05 bits per heavy atom. The summed E-state index contributed by atoms with van der Waals surface area (Å²) < 4.78 is 5.76. The minimum atomic E-state index is 0.873. The molecule has 0 aliphatic carbocycles. The Balaban J connectivity index is 1.67. The highest BCUT2D eigenvalue weighted by Gasteiger charge is 2.04. The lowest BCUT2D eigenvalue weighted by molar-refractivity contribution is 0.443. The summed E-state index contributed by atoms with van der Waals surface area (Å²) >= 11 is 0. The Morgan fingerprint density at radius 3 is 2.70 bits per heavy atom. The molecule has 20 heavy (non-hydrogen) atoms. The van der Waals surface area contributed by atoms with Crippen molar-refractivity contribution in [2.24, 2.45) is 0 Å². The Morgan fingerprint density at radius 2 is 1.90 bits per heavy atom. The van der Waals surface area contributed by atoms with E-state index in [1.165, 1.54) is 5.56 Å². The van der Waals surface area contributed by atoms with Crippen molar-refractivity contribution in [2.75, 3.05) is 13.1 Å². The third-order valence-corrected chi connectivity index (χ3v) is 3.33. The topological polar surface area (TPSA) is 38.1 Å². The van der Waals surface area contributed by atoms with Gasteiger partial charge >= 0.3 is 0 Å². The van der Waals surface area contributed by atoms with E-state index in [0.717, 1.165) is 56.8 Å². The minimum Gasteiger partial charge on any atom is -0.446 e. The van der Waals surface area contributed by atoms with E-state index < -0.39 is 0 Å². The molecule has 1 aromatic carbocycles. The molecular weight excluding hydrogens is 248 g/mol. The lowest BCUT2D eigenvalue weighted by atomic mass is 10.1. The highest BCUT2D eigenvalue weighted by atomic mass is 16.4. The predicted molar refractivity (Wildman–Crippen MR) is 81.8 cm³/mol. The molecule has 0 aliphatic rings. The van der Waals surface area contributed by atoms with Crippen LogP contribution in [-0.4, -0.2) is 18.1 Å². The molecule has 0 saturated heterocycles. The molecule has 2 aromatic rings. The fourth-order valence-electron chi connectivity index (χ4n) is 2.23.